The molecule has 0 spiro atoms. The third-order valence-electron chi connectivity index (χ3n) is 7.93. The Labute approximate surface area is 286 Å². The van der Waals surface area contributed by atoms with Gasteiger partial charge < -0.3 is 24.1 Å². The third kappa shape index (κ3) is 9.70. The van der Waals surface area contributed by atoms with Crippen LogP contribution in [0, 0.1) is 22.2 Å². The highest BCUT2D eigenvalue weighted by atomic mass is 35.5. The average Bonchev–Trinajstić information content (AvgIpc) is 3.73. The maximum atomic E-state index is 13.6. The molecule has 2 aromatic heterocycles. The first kappa shape index (κ1) is 38.1. The summed E-state index contributed by atoms with van der Waals surface area (Å²) in [5.74, 6) is -1.84. The van der Waals surface area contributed by atoms with Crippen LogP contribution >= 0.6 is 19.2 Å². The number of nitrogens with zero attached hydrogens (tertiary/aromatic N) is 3. The summed E-state index contributed by atoms with van der Waals surface area (Å²) < 4.78 is 68.6. The highest BCUT2D eigenvalue weighted by molar-refractivity contribution is 7.97. The molecule has 266 valence electrons. The monoisotopic (exact) mass is 730 g/mol. The number of carbonyl (C=O) groups is 2. The summed E-state index contributed by atoms with van der Waals surface area (Å²) in [4.78, 5) is 28.8. The van der Waals surface area contributed by atoms with E-state index in [1.165, 1.54) is 0 Å². The van der Waals surface area contributed by atoms with E-state index in [-0.39, 0.29) is 16.8 Å². The Morgan fingerprint density at radius 3 is 2.19 bits per heavy atom. The lowest BCUT2D eigenvalue weighted by molar-refractivity contribution is -0.161. The number of nitriles is 1. The molecule has 1 aliphatic heterocycles. The minimum atomic E-state index is -4.50. The van der Waals surface area contributed by atoms with E-state index in [1.54, 1.807) is 52.3 Å². The van der Waals surface area contributed by atoms with Crippen molar-refractivity contribution >= 4 is 57.7 Å². The van der Waals surface area contributed by atoms with Crippen molar-refractivity contribution in [1.82, 2.24) is 9.55 Å². The molecule has 1 aliphatic carbocycles. The van der Waals surface area contributed by atoms with Crippen molar-refractivity contribution < 1.29 is 45.8 Å². The SMILES string of the molecule is CC(C)(C)C(=O)OCOP(=O)(CS(=O)(=O)C[C@@H]1CC[C@H](n2ccc3c(NC4CCCC4)c(C#N)c(Cl)nc32)O1)OCOC(=O)C(C)(C)C. The Hall–Kier alpha value is -2.73. The molecule has 2 aliphatic rings. The Balaban J connectivity index is 1.46. The van der Waals surface area contributed by atoms with E-state index < -0.39 is 77.4 Å². The summed E-state index contributed by atoms with van der Waals surface area (Å²) >= 11 is 6.45. The molecule has 17 heteroatoms. The molecule has 4 rings (SSSR count). The molecule has 1 saturated heterocycles. The number of anilines is 1. The van der Waals surface area contributed by atoms with E-state index in [9.17, 15) is 27.8 Å². The van der Waals surface area contributed by atoms with Gasteiger partial charge in [-0.25, -0.2) is 13.4 Å². The summed E-state index contributed by atoms with van der Waals surface area (Å²) in [6, 6.07) is 4.20. The summed E-state index contributed by atoms with van der Waals surface area (Å²) in [5.41, 5.74) is -1.48. The van der Waals surface area contributed by atoms with Gasteiger partial charge in [0.2, 0.25) is 13.6 Å². The van der Waals surface area contributed by atoms with Crippen molar-refractivity contribution in [3.05, 3.63) is 23.0 Å². The van der Waals surface area contributed by atoms with Crippen LogP contribution in [0.2, 0.25) is 5.15 Å². The van der Waals surface area contributed by atoms with E-state index in [2.05, 4.69) is 16.4 Å². The molecule has 1 N–H and O–H groups in total. The number of ether oxygens (including phenoxy) is 3. The zero-order valence-corrected chi connectivity index (χ0v) is 30.6. The summed E-state index contributed by atoms with van der Waals surface area (Å²) in [5, 5.41) is 14.0. The van der Waals surface area contributed by atoms with Crippen molar-refractivity contribution in [3.63, 3.8) is 0 Å². The number of carbonyl (C=O) groups excluding carboxylic acids is 2. The number of rotatable bonds is 13. The topological polar surface area (TPSA) is 185 Å². The molecule has 0 unspecified atom stereocenters. The smallest absolute Gasteiger partial charge is 0.351 e. The first-order chi connectivity index (χ1) is 22.3. The van der Waals surface area contributed by atoms with E-state index in [0.717, 1.165) is 25.7 Å². The zero-order chi connectivity index (χ0) is 35.5. The molecule has 1 saturated carbocycles. The van der Waals surface area contributed by atoms with Crippen molar-refractivity contribution in [1.29, 1.82) is 5.26 Å². The second kappa shape index (κ2) is 15.0. The Morgan fingerprint density at radius 2 is 1.65 bits per heavy atom. The van der Waals surface area contributed by atoms with Gasteiger partial charge in [0.25, 0.3) is 0 Å². The highest BCUT2D eigenvalue weighted by Crippen LogP contribution is 2.50. The zero-order valence-electron chi connectivity index (χ0n) is 28.1. The molecule has 48 heavy (non-hydrogen) atoms. The number of aromatic nitrogens is 2. The first-order valence-electron chi connectivity index (χ1n) is 15.8. The van der Waals surface area contributed by atoms with Crippen LogP contribution in [-0.2, 0) is 47.2 Å². The van der Waals surface area contributed by atoms with Gasteiger partial charge in [-0.05, 0) is 73.3 Å². The summed E-state index contributed by atoms with van der Waals surface area (Å²) in [7, 11) is -8.67. The van der Waals surface area contributed by atoms with Gasteiger partial charge in [-0.3, -0.25) is 23.2 Å². The van der Waals surface area contributed by atoms with Crippen LogP contribution in [-0.4, -0.2) is 66.9 Å². The second-order valence-electron chi connectivity index (χ2n) is 14.1. The van der Waals surface area contributed by atoms with Gasteiger partial charge in [0.15, 0.2) is 20.5 Å². The Morgan fingerprint density at radius 1 is 1.06 bits per heavy atom. The van der Waals surface area contributed by atoms with Crippen molar-refractivity contribution in [2.24, 2.45) is 10.8 Å². The van der Waals surface area contributed by atoms with Crippen LogP contribution in [0.5, 0.6) is 0 Å². The summed E-state index contributed by atoms with van der Waals surface area (Å²) in [6.45, 7) is 7.96. The molecule has 2 atom stereocenters. The number of fused-ring (bicyclic) bond motifs is 1. The molecule has 3 heterocycles. The highest BCUT2D eigenvalue weighted by Gasteiger charge is 2.38. The van der Waals surface area contributed by atoms with Gasteiger partial charge in [0.05, 0.1) is 28.4 Å². The van der Waals surface area contributed by atoms with E-state index in [0.29, 0.717) is 29.6 Å². The predicted octanol–water partition coefficient (Wildman–Crippen LogP) is 6.29. The van der Waals surface area contributed by atoms with Crippen LogP contribution in [0.15, 0.2) is 12.3 Å². The third-order valence-corrected chi connectivity index (χ3v) is 12.9. The van der Waals surface area contributed by atoms with E-state index >= 15 is 0 Å². The molecule has 0 radical (unpaired) electrons. The maximum absolute atomic E-state index is 13.6. The lowest BCUT2D eigenvalue weighted by Crippen LogP contribution is -2.27. The average molecular weight is 731 g/mol. The van der Waals surface area contributed by atoms with Gasteiger partial charge in [-0.2, -0.15) is 5.26 Å². The lowest BCUT2D eigenvalue weighted by Gasteiger charge is -2.22. The van der Waals surface area contributed by atoms with Crippen LogP contribution in [0.4, 0.5) is 5.69 Å². The molecular weight excluding hydrogens is 687 g/mol. The molecule has 2 aromatic rings. The lowest BCUT2D eigenvalue weighted by atomic mass is 9.98. The molecule has 14 nitrogen and oxygen atoms in total. The van der Waals surface area contributed by atoms with Crippen molar-refractivity contribution in [2.75, 3.05) is 30.1 Å². The van der Waals surface area contributed by atoms with Gasteiger partial charge in [-0.15, -0.1) is 0 Å². The van der Waals surface area contributed by atoms with Crippen LogP contribution in [0.3, 0.4) is 0 Å². The Kier molecular flexibility index (Phi) is 11.9. The first-order valence-corrected chi connectivity index (χ1v) is 19.7. The van der Waals surface area contributed by atoms with Gasteiger partial charge >= 0.3 is 19.5 Å². The fourth-order valence-electron chi connectivity index (χ4n) is 5.35. The summed E-state index contributed by atoms with van der Waals surface area (Å²) in [6.07, 6.45) is 5.41. The molecule has 0 amide bonds. The second-order valence-corrected chi connectivity index (χ2v) is 19.1. The fraction of sp³-hybridized carbons (Fsp3) is 0.677. The standard InChI is InChI=1S/C31H44ClN4O10PS/c1-30(2,3)28(37)42-17-44-47(39,45-18-43-29(38)31(4,5)6)19-48(40,41)16-21-11-12-24(46-21)36-14-13-22-25(34-20-9-7-8-10-20)23(15-33)26(32)35-27(22)36/h13-14,20-21,24H,7-12,16-19H2,1-6H3,(H,34,35)/t21-,24+/m0/s1. The minimum Gasteiger partial charge on any atom is -0.438 e. The number of hydrogen-bond donors (Lipinski definition) is 1. The molecular formula is C31H44ClN4O10PS. The van der Waals surface area contributed by atoms with Gasteiger partial charge in [0.1, 0.15) is 23.5 Å². The molecule has 0 bridgehead atoms. The van der Waals surface area contributed by atoms with Crippen LogP contribution in [0.25, 0.3) is 11.0 Å². The number of pyridine rings is 1. The number of sulfone groups is 1. The van der Waals surface area contributed by atoms with Crippen LogP contribution < -0.4 is 5.32 Å². The maximum Gasteiger partial charge on any atom is 0.351 e. The number of halogens is 1. The van der Waals surface area contributed by atoms with Gasteiger partial charge in [0, 0.05) is 17.6 Å². The molecule has 2 fully saturated rings. The van der Waals surface area contributed by atoms with Gasteiger partial charge in [-0.1, -0.05) is 24.4 Å². The van der Waals surface area contributed by atoms with E-state index in [4.69, 9.17) is 34.9 Å². The van der Waals surface area contributed by atoms with Crippen molar-refractivity contribution in [3.8, 4) is 6.07 Å². The predicted molar refractivity (Wildman–Crippen MR) is 178 cm³/mol. The number of esters is 2. The number of hydrogen-bond acceptors (Lipinski definition) is 13. The minimum absolute atomic E-state index is 0.0553. The van der Waals surface area contributed by atoms with Crippen LogP contribution in [0.1, 0.15) is 91.9 Å². The quantitative estimate of drug-likeness (QED) is 0.105. The number of nitrogens with one attached hydrogen (secondary N) is 1. The van der Waals surface area contributed by atoms with Crippen molar-refractivity contribution in [2.45, 2.75) is 98.4 Å². The molecule has 0 aromatic carbocycles. The van der Waals surface area contributed by atoms with E-state index in [1.807, 2.05) is 6.07 Å². The fourth-order valence-corrected chi connectivity index (χ4v) is 9.83. The Bertz CT molecular complexity index is 1670. The largest absolute Gasteiger partial charge is 0.438 e. The normalized spacial score (nSPS) is 19.4.